The predicted molar refractivity (Wildman–Crippen MR) is 72.8 cm³/mol. The fraction of sp³-hybridized carbons (Fsp3) is 0.615. The Hall–Kier alpha value is -1.29. The van der Waals surface area contributed by atoms with Crippen LogP contribution < -0.4 is 10.2 Å². The summed E-state index contributed by atoms with van der Waals surface area (Å²) in [5.41, 5.74) is 2.21. The molecule has 96 valence electrons. The molecule has 0 aromatic carbocycles. The van der Waals surface area contributed by atoms with Crippen molar-refractivity contribution >= 4 is 11.4 Å². The Kier molecular flexibility index (Phi) is 6.40. The van der Waals surface area contributed by atoms with E-state index >= 15 is 0 Å². The van der Waals surface area contributed by atoms with Gasteiger partial charge in [0.15, 0.2) is 0 Å². The molecule has 0 aliphatic heterocycles. The van der Waals surface area contributed by atoms with Gasteiger partial charge in [-0.25, -0.2) is 0 Å². The minimum atomic E-state index is 0.760. The van der Waals surface area contributed by atoms with Crippen molar-refractivity contribution in [1.82, 2.24) is 4.98 Å². The van der Waals surface area contributed by atoms with Gasteiger partial charge in [-0.3, -0.25) is 4.98 Å². The summed E-state index contributed by atoms with van der Waals surface area (Å²) >= 11 is 0. The quantitative estimate of drug-likeness (QED) is 0.704. The van der Waals surface area contributed by atoms with Crippen molar-refractivity contribution in [2.75, 3.05) is 43.1 Å². The summed E-state index contributed by atoms with van der Waals surface area (Å²) in [6, 6.07) is 2.13. The number of aromatic nitrogens is 1. The molecule has 0 spiro atoms. The first-order chi connectivity index (χ1) is 8.31. The van der Waals surface area contributed by atoms with Gasteiger partial charge in [0.25, 0.3) is 0 Å². The van der Waals surface area contributed by atoms with E-state index in [2.05, 4.69) is 35.1 Å². The molecule has 0 unspecified atom stereocenters. The van der Waals surface area contributed by atoms with Crippen LogP contribution in [0.1, 0.15) is 20.8 Å². The van der Waals surface area contributed by atoms with E-state index in [1.54, 1.807) is 0 Å². The first-order valence-corrected chi connectivity index (χ1v) is 6.33. The molecule has 0 aliphatic rings. The molecule has 1 heterocycles. The highest BCUT2D eigenvalue weighted by Crippen LogP contribution is 2.17. The van der Waals surface area contributed by atoms with Crippen molar-refractivity contribution in [1.29, 1.82) is 0 Å². The second-order valence-corrected chi connectivity index (χ2v) is 3.74. The van der Waals surface area contributed by atoms with Crippen LogP contribution in [0.3, 0.4) is 0 Å². The van der Waals surface area contributed by atoms with Gasteiger partial charge in [-0.15, -0.1) is 0 Å². The molecule has 0 bridgehead atoms. The minimum Gasteiger partial charge on any atom is -0.384 e. The van der Waals surface area contributed by atoms with Gasteiger partial charge in [-0.2, -0.15) is 0 Å². The van der Waals surface area contributed by atoms with E-state index in [1.807, 2.05) is 19.3 Å². The summed E-state index contributed by atoms with van der Waals surface area (Å²) in [5, 5.41) is 3.27. The largest absolute Gasteiger partial charge is 0.384 e. The van der Waals surface area contributed by atoms with Crippen molar-refractivity contribution in [3.63, 3.8) is 0 Å². The van der Waals surface area contributed by atoms with Gasteiger partial charge in [-0.1, -0.05) is 0 Å². The summed E-state index contributed by atoms with van der Waals surface area (Å²) in [5.74, 6) is 0. The van der Waals surface area contributed by atoms with Gasteiger partial charge in [0, 0.05) is 26.2 Å². The molecule has 0 aliphatic carbocycles. The lowest BCUT2D eigenvalue weighted by molar-refractivity contribution is 0.154. The van der Waals surface area contributed by atoms with Crippen LogP contribution in [0.25, 0.3) is 0 Å². The normalized spacial score (nSPS) is 10.3. The average Bonchev–Trinajstić information content (AvgIpc) is 2.35. The van der Waals surface area contributed by atoms with Crippen LogP contribution >= 0.6 is 0 Å². The molecule has 0 fully saturated rings. The monoisotopic (exact) mass is 237 g/mol. The third-order valence-corrected chi connectivity index (χ3v) is 2.56. The van der Waals surface area contributed by atoms with E-state index in [9.17, 15) is 0 Å². The predicted octanol–water partition coefficient (Wildman–Crippen LogP) is 2.38. The summed E-state index contributed by atoms with van der Waals surface area (Å²) in [4.78, 5) is 6.52. The molecule has 17 heavy (non-hydrogen) atoms. The number of rotatable bonds is 8. The van der Waals surface area contributed by atoms with Gasteiger partial charge in [-0.05, 0) is 26.8 Å². The fourth-order valence-electron chi connectivity index (χ4n) is 1.69. The second kappa shape index (κ2) is 7.90. The van der Waals surface area contributed by atoms with Gasteiger partial charge in [0.2, 0.25) is 0 Å². The minimum absolute atomic E-state index is 0.760. The maximum atomic E-state index is 5.39. The summed E-state index contributed by atoms with van der Waals surface area (Å²) in [7, 11) is 0. The molecule has 0 saturated heterocycles. The number of anilines is 2. The number of hydrogen-bond acceptors (Lipinski definition) is 4. The van der Waals surface area contributed by atoms with Crippen LogP contribution in [0.4, 0.5) is 11.4 Å². The number of likely N-dealkylation sites (N-methyl/N-ethyl adjacent to an activating group) is 1. The van der Waals surface area contributed by atoms with Crippen LogP contribution in [-0.4, -0.2) is 37.8 Å². The molecule has 0 amide bonds. The molecule has 0 saturated carbocycles. The van der Waals surface area contributed by atoms with E-state index in [4.69, 9.17) is 4.74 Å². The highest BCUT2D eigenvalue weighted by atomic mass is 16.5. The van der Waals surface area contributed by atoms with Crippen LogP contribution in [-0.2, 0) is 4.74 Å². The average molecular weight is 237 g/mol. The van der Waals surface area contributed by atoms with Gasteiger partial charge in [0.05, 0.1) is 30.4 Å². The molecule has 1 N–H and O–H groups in total. The van der Waals surface area contributed by atoms with E-state index in [0.29, 0.717) is 0 Å². The van der Waals surface area contributed by atoms with Crippen molar-refractivity contribution in [2.24, 2.45) is 0 Å². The molecular formula is C13H23N3O. The molecule has 0 atom stereocenters. The summed E-state index contributed by atoms with van der Waals surface area (Å²) in [6.45, 7) is 10.6. The Morgan fingerprint density at radius 1 is 1.29 bits per heavy atom. The van der Waals surface area contributed by atoms with E-state index in [-0.39, 0.29) is 0 Å². The van der Waals surface area contributed by atoms with Gasteiger partial charge in [0.1, 0.15) is 0 Å². The molecule has 1 aromatic rings. The number of pyridine rings is 1. The molecule has 4 heteroatoms. The van der Waals surface area contributed by atoms with Crippen LogP contribution in [0, 0.1) is 0 Å². The Bertz CT molecular complexity index is 317. The van der Waals surface area contributed by atoms with Crippen molar-refractivity contribution in [3.05, 3.63) is 18.5 Å². The van der Waals surface area contributed by atoms with Gasteiger partial charge >= 0.3 is 0 Å². The standard InChI is InChI=1S/C13H23N3O/c1-4-15-12-9-13(11-14-10-12)16(5-2)7-8-17-6-3/h9-11,15H,4-8H2,1-3H3. The number of hydrogen-bond donors (Lipinski definition) is 1. The molecule has 1 aromatic heterocycles. The zero-order chi connectivity index (χ0) is 12.5. The van der Waals surface area contributed by atoms with Crippen LogP contribution in [0.15, 0.2) is 18.5 Å². The Morgan fingerprint density at radius 2 is 2.12 bits per heavy atom. The second-order valence-electron chi connectivity index (χ2n) is 3.74. The van der Waals surface area contributed by atoms with Crippen molar-refractivity contribution in [2.45, 2.75) is 20.8 Å². The summed E-state index contributed by atoms with van der Waals surface area (Å²) in [6.07, 6.45) is 3.75. The topological polar surface area (TPSA) is 37.4 Å². The zero-order valence-corrected chi connectivity index (χ0v) is 11.1. The highest BCUT2D eigenvalue weighted by molar-refractivity contribution is 5.55. The lowest BCUT2D eigenvalue weighted by Gasteiger charge is -2.23. The van der Waals surface area contributed by atoms with E-state index < -0.39 is 0 Å². The third-order valence-electron chi connectivity index (χ3n) is 2.56. The number of nitrogens with zero attached hydrogens (tertiary/aromatic N) is 2. The molecule has 1 rings (SSSR count). The number of ether oxygens (including phenoxy) is 1. The lowest BCUT2D eigenvalue weighted by atomic mass is 10.3. The molecule has 0 radical (unpaired) electrons. The Morgan fingerprint density at radius 3 is 2.76 bits per heavy atom. The van der Waals surface area contributed by atoms with Crippen molar-refractivity contribution < 1.29 is 4.74 Å². The highest BCUT2D eigenvalue weighted by Gasteiger charge is 2.05. The first-order valence-electron chi connectivity index (χ1n) is 6.33. The smallest absolute Gasteiger partial charge is 0.0641 e. The fourth-order valence-corrected chi connectivity index (χ4v) is 1.69. The van der Waals surface area contributed by atoms with Crippen molar-refractivity contribution in [3.8, 4) is 0 Å². The lowest BCUT2D eigenvalue weighted by Crippen LogP contribution is -2.27. The van der Waals surface area contributed by atoms with Gasteiger partial charge < -0.3 is 15.0 Å². The maximum Gasteiger partial charge on any atom is 0.0641 e. The molecule has 4 nitrogen and oxygen atoms in total. The first kappa shape index (κ1) is 13.8. The molecular weight excluding hydrogens is 214 g/mol. The zero-order valence-electron chi connectivity index (χ0n) is 11.1. The maximum absolute atomic E-state index is 5.39. The van der Waals surface area contributed by atoms with E-state index in [1.165, 1.54) is 0 Å². The summed E-state index contributed by atoms with van der Waals surface area (Å²) < 4.78 is 5.39. The number of nitrogens with one attached hydrogen (secondary N) is 1. The van der Waals surface area contributed by atoms with Crippen LogP contribution in [0.2, 0.25) is 0 Å². The third kappa shape index (κ3) is 4.61. The Labute approximate surface area is 104 Å². The van der Waals surface area contributed by atoms with E-state index in [0.717, 1.165) is 44.2 Å². The van der Waals surface area contributed by atoms with Crippen LogP contribution in [0.5, 0.6) is 0 Å². The Balaban J connectivity index is 2.63. The SMILES string of the molecule is CCNc1cncc(N(CC)CCOCC)c1.